The van der Waals surface area contributed by atoms with Crippen LogP contribution in [0.1, 0.15) is 0 Å². The number of rotatable bonds is 4. The summed E-state index contributed by atoms with van der Waals surface area (Å²) in [5, 5.41) is 67.0. The van der Waals surface area contributed by atoms with E-state index >= 15 is 0 Å². The highest BCUT2D eigenvalue weighted by molar-refractivity contribution is 4.92. The van der Waals surface area contributed by atoms with Crippen LogP contribution in [0.25, 0.3) is 0 Å². The average Bonchev–Trinajstić information content (AvgIpc) is 2.52. The summed E-state index contributed by atoms with van der Waals surface area (Å²) < 4.78 is 15.6. The lowest BCUT2D eigenvalue weighted by atomic mass is 9.97. The Balaban J connectivity index is 2.09. The molecular weight excluding hydrogens is 304 g/mol. The van der Waals surface area contributed by atoms with E-state index in [1.54, 1.807) is 0 Å². The van der Waals surface area contributed by atoms with Crippen LogP contribution in [0.4, 0.5) is 0 Å². The summed E-state index contributed by atoms with van der Waals surface area (Å²) in [6.45, 7) is -1.33. The van der Waals surface area contributed by atoms with Crippen LogP contribution in [0, 0.1) is 0 Å². The summed E-state index contributed by atoms with van der Waals surface area (Å²) in [6.07, 6.45) is -12.3. The van der Waals surface area contributed by atoms with Gasteiger partial charge in [-0.3, -0.25) is 0 Å². The van der Waals surface area contributed by atoms with Gasteiger partial charge in [0.1, 0.15) is 48.8 Å². The summed E-state index contributed by atoms with van der Waals surface area (Å²) in [5.41, 5.74) is 0. The van der Waals surface area contributed by atoms with Gasteiger partial charge in [-0.1, -0.05) is 0 Å². The molecule has 0 saturated carbocycles. The van der Waals surface area contributed by atoms with E-state index in [0.29, 0.717) is 0 Å². The molecule has 0 bridgehead atoms. The molecule has 0 radical (unpaired) electrons. The Bertz CT molecular complexity index is 351. The summed E-state index contributed by atoms with van der Waals surface area (Å²) in [5.74, 6) is 0. The van der Waals surface area contributed by atoms with Gasteiger partial charge in [-0.15, -0.1) is 0 Å². The number of aliphatic hydroxyl groups excluding tert-OH is 7. The van der Waals surface area contributed by atoms with Gasteiger partial charge >= 0.3 is 0 Å². The molecule has 22 heavy (non-hydrogen) atoms. The topological polar surface area (TPSA) is 169 Å². The van der Waals surface area contributed by atoms with Crippen molar-refractivity contribution in [3.05, 3.63) is 0 Å². The minimum Gasteiger partial charge on any atom is -0.394 e. The van der Waals surface area contributed by atoms with Crippen LogP contribution >= 0.6 is 0 Å². The first-order valence-corrected chi connectivity index (χ1v) is 6.95. The summed E-state index contributed by atoms with van der Waals surface area (Å²) in [7, 11) is 0. The van der Waals surface area contributed by atoms with Gasteiger partial charge in [0.2, 0.25) is 0 Å². The van der Waals surface area contributed by atoms with Crippen molar-refractivity contribution in [3.8, 4) is 0 Å². The van der Waals surface area contributed by atoms with Gasteiger partial charge < -0.3 is 50.0 Å². The Labute approximate surface area is 126 Å². The lowest BCUT2D eigenvalue weighted by molar-refractivity contribution is -0.336. The standard InChI is InChI=1S/C12H22O10/c13-1-5-8(17)9(18)10(19)12(21-5)22-11-6(2-14)20-3-4(15)7(11)16/h4-19H,1-3H2/t4?,5?,6?,7-,8+,9?,10+,11-,12+/m1/s1. The molecule has 0 spiro atoms. The van der Waals surface area contributed by atoms with Gasteiger partial charge in [0.25, 0.3) is 0 Å². The van der Waals surface area contributed by atoms with Crippen LogP contribution in [0.5, 0.6) is 0 Å². The second-order valence-corrected chi connectivity index (χ2v) is 5.41. The lowest BCUT2D eigenvalue weighted by Gasteiger charge is -2.44. The first kappa shape index (κ1) is 17.9. The predicted octanol–water partition coefficient (Wildman–Crippen LogP) is -4.72. The molecule has 0 aromatic rings. The molecule has 4 unspecified atom stereocenters. The molecule has 0 aromatic heterocycles. The molecule has 10 nitrogen and oxygen atoms in total. The van der Waals surface area contributed by atoms with Crippen molar-refractivity contribution in [1.29, 1.82) is 0 Å². The predicted molar refractivity (Wildman–Crippen MR) is 67.5 cm³/mol. The second-order valence-electron chi connectivity index (χ2n) is 5.41. The molecule has 2 rings (SSSR count). The normalized spacial score (nSPS) is 50.0. The molecule has 10 heteroatoms. The zero-order chi connectivity index (χ0) is 16.4. The van der Waals surface area contributed by atoms with E-state index in [9.17, 15) is 30.6 Å². The molecular formula is C12H22O10. The van der Waals surface area contributed by atoms with Gasteiger partial charge in [0.15, 0.2) is 6.29 Å². The van der Waals surface area contributed by atoms with E-state index in [1.165, 1.54) is 0 Å². The van der Waals surface area contributed by atoms with Gasteiger partial charge in [-0.25, -0.2) is 0 Å². The third kappa shape index (κ3) is 3.41. The second kappa shape index (κ2) is 7.45. The first-order chi connectivity index (χ1) is 10.4. The van der Waals surface area contributed by atoms with E-state index in [1.807, 2.05) is 0 Å². The Kier molecular flexibility index (Phi) is 6.07. The summed E-state index contributed by atoms with van der Waals surface area (Å²) >= 11 is 0. The SMILES string of the molecule is OCC1O[C@@H](O[C@@H]2C(CO)OCC(O)[C@H]2O)[C@@H](O)C(O)[C@H]1O. The van der Waals surface area contributed by atoms with Crippen molar-refractivity contribution in [3.63, 3.8) is 0 Å². The van der Waals surface area contributed by atoms with Crippen LogP contribution in [-0.2, 0) is 14.2 Å². The van der Waals surface area contributed by atoms with Crippen molar-refractivity contribution >= 4 is 0 Å². The molecule has 2 saturated heterocycles. The molecule has 130 valence electrons. The zero-order valence-electron chi connectivity index (χ0n) is 11.7. The van der Waals surface area contributed by atoms with Crippen LogP contribution in [-0.4, -0.2) is 111 Å². The quantitative estimate of drug-likeness (QED) is 0.266. The third-order valence-electron chi connectivity index (χ3n) is 3.90. The molecule has 2 fully saturated rings. The van der Waals surface area contributed by atoms with E-state index in [-0.39, 0.29) is 6.61 Å². The highest BCUT2D eigenvalue weighted by Gasteiger charge is 2.48. The maximum absolute atomic E-state index is 9.93. The largest absolute Gasteiger partial charge is 0.394 e. The van der Waals surface area contributed by atoms with Crippen LogP contribution in [0.3, 0.4) is 0 Å². The molecule has 7 N–H and O–H groups in total. The lowest BCUT2D eigenvalue weighted by Crippen LogP contribution is -2.63. The zero-order valence-corrected chi connectivity index (χ0v) is 11.7. The number of hydrogen-bond donors (Lipinski definition) is 7. The number of ether oxygens (including phenoxy) is 3. The monoisotopic (exact) mass is 326 g/mol. The molecule has 0 aliphatic carbocycles. The van der Waals surface area contributed by atoms with E-state index < -0.39 is 68.3 Å². The summed E-state index contributed by atoms with van der Waals surface area (Å²) in [6, 6.07) is 0. The van der Waals surface area contributed by atoms with Crippen LogP contribution < -0.4 is 0 Å². The van der Waals surface area contributed by atoms with Gasteiger partial charge in [-0.2, -0.15) is 0 Å². The van der Waals surface area contributed by atoms with Crippen LogP contribution in [0.2, 0.25) is 0 Å². The molecule has 2 heterocycles. The Morgan fingerprint density at radius 1 is 0.818 bits per heavy atom. The van der Waals surface area contributed by atoms with E-state index in [2.05, 4.69) is 0 Å². The Morgan fingerprint density at radius 3 is 2.05 bits per heavy atom. The highest BCUT2D eigenvalue weighted by atomic mass is 16.7. The van der Waals surface area contributed by atoms with Gasteiger partial charge in [-0.05, 0) is 0 Å². The maximum Gasteiger partial charge on any atom is 0.187 e. The molecule has 0 amide bonds. The number of aliphatic hydroxyl groups is 7. The van der Waals surface area contributed by atoms with Crippen molar-refractivity contribution in [2.75, 3.05) is 19.8 Å². The van der Waals surface area contributed by atoms with Gasteiger partial charge in [0, 0.05) is 0 Å². The fraction of sp³-hybridized carbons (Fsp3) is 1.00. The highest BCUT2D eigenvalue weighted by Crippen LogP contribution is 2.27. The van der Waals surface area contributed by atoms with E-state index in [0.717, 1.165) is 0 Å². The van der Waals surface area contributed by atoms with Crippen molar-refractivity contribution < 1.29 is 50.0 Å². The number of hydrogen-bond acceptors (Lipinski definition) is 10. The van der Waals surface area contributed by atoms with E-state index in [4.69, 9.17) is 19.3 Å². The fourth-order valence-corrected chi connectivity index (χ4v) is 2.51. The van der Waals surface area contributed by atoms with Crippen molar-refractivity contribution in [2.45, 2.75) is 55.1 Å². The van der Waals surface area contributed by atoms with Crippen molar-refractivity contribution in [2.24, 2.45) is 0 Å². The smallest absolute Gasteiger partial charge is 0.187 e. The summed E-state index contributed by atoms with van der Waals surface area (Å²) in [4.78, 5) is 0. The molecule has 9 atom stereocenters. The Hall–Kier alpha value is -0.400. The molecule has 2 aliphatic rings. The van der Waals surface area contributed by atoms with Crippen LogP contribution in [0.15, 0.2) is 0 Å². The van der Waals surface area contributed by atoms with Crippen molar-refractivity contribution in [1.82, 2.24) is 0 Å². The first-order valence-electron chi connectivity index (χ1n) is 6.95. The molecule has 0 aromatic carbocycles. The average molecular weight is 326 g/mol. The fourth-order valence-electron chi connectivity index (χ4n) is 2.51. The third-order valence-corrected chi connectivity index (χ3v) is 3.90. The van der Waals surface area contributed by atoms with Gasteiger partial charge in [0.05, 0.1) is 19.8 Å². The Morgan fingerprint density at radius 2 is 1.45 bits per heavy atom. The molecule has 2 aliphatic heterocycles. The maximum atomic E-state index is 9.93. The minimum atomic E-state index is -1.65. The minimum absolute atomic E-state index is 0.194.